The average Bonchev–Trinajstić information content (AvgIpc) is 3.10. The minimum atomic E-state index is -1.03. The fourth-order valence-corrected chi connectivity index (χ4v) is 2.94. The lowest BCUT2D eigenvalue weighted by Crippen LogP contribution is -2.43. The lowest BCUT2D eigenvalue weighted by molar-refractivity contribution is 0.151. The SMILES string of the molecule is CN=C(C(C#N)C#N)C1(CC(O)CNCc2ccc(F)cc2)C=CC=N1. The molecule has 6 nitrogen and oxygen atoms in total. The van der Waals surface area contributed by atoms with Crippen LogP contribution in [-0.4, -0.2) is 42.3 Å². The third kappa shape index (κ3) is 4.60. The van der Waals surface area contributed by atoms with Gasteiger partial charge in [-0.05, 0) is 29.8 Å². The van der Waals surface area contributed by atoms with Crippen molar-refractivity contribution in [2.24, 2.45) is 15.9 Å². The van der Waals surface area contributed by atoms with Gasteiger partial charge in [-0.1, -0.05) is 12.1 Å². The molecular formula is C19H20FN5O. The third-order valence-corrected chi connectivity index (χ3v) is 4.15. The Balaban J connectivity index is 2.00. The average molecular weight is 353 g/mol. The van der Waals surface area contributed by atoms with Crippen LogP contribution in [0.25, 0.3) is 0 Å². The van der Waals surface area contributed by atoms with E-state index in [0.717, 1.165) is 5.56 Å². The van der Waals surface area contributed by atoms with Gasteiger partial charge in [-0.3, -0.25) is 9.98 Å². The molecule has 26 heavy (non-hydrogen) atoms. The minimum Gasteiger partial charge on any atom is -0.392 e. The van der Waals surface area contributed by atoms with Crippen molar-refractivity contribution in [2.75, 3.05) is 13.6 Å². The number of allylic oxidation sites excluding steroid dienone is 1. The second-order valence-corrected chi connectivity index (χ2v) is 5.98. The molecule has 0 amide bonds. The summed E-state index contributed by atoms with van der Waals surface area (Å²) in [5.41, 5.74) is 0.240. The molecule has 0 radical (unpaired) electrons. The number of rotatable bonds is 8. The van der Waals surface area contributed by atoms with Crippen LogP contribution in [0, 0.1) is 34.4 Å². The van der Waals surface area contributed by atoms with Crippen LogP contribution >= 0.6 is 0 Å². The number of halogens is 1. The second-order valence-electron chi connectivity index (χ2n) is 5.98. The van der Waals surface area contributed by atoms with Gasteiger partial charge in [0.25, 0.3) is 0 Å². The summed E-state index contributed by atoms with van der Waals surface area (Å²) in [7, 11) is 1.51. The van der Waals surface area contributed by atoms with Crippen LogP contribution < -0.4 is 5.32 Å². The normalized spacial score (nSPS) is 20.2. The summed E-state index contributed by atoms with van der Waals surface area (Å²) in [6, 6.07) is 9.95. The van der Waals surface area contributed by atoms with Gasteiger partial charge in [0.05, 0.1) is 24.0 Å². The first-order valence-corrected chi connectivity index (χ1v) is 8.17. The fraction of sp³-hybridized carbons (Fsp3) is 0.368. The van der Waals surface area contributed by atoms with E-state index >= 15 is 0 Å². The van der Waals surface area contributed by atoms with Crippen molar-refractivity contribution >= 4 is 11.9 Å². The molecule has 0 spiro atoms. The van der Waals surface area contributed by atoms with Gasteiger partial charge in [0.2, 0.25) is 0 Å². The van der Waals surface area contributed by atoms with E-state index in [1.165, 1.54) is 19.2 Å². The first kappa shape index (κ1) is 19.5. The molecule has 7 heteroatoms. The van der Waals surface area contributed by atoms with Crippen molar-refractivity contribution < 1.29 is 9.50 Å². The Labute approximate surface area is 152 Å². The number of hydrogen-bond acceptors (Lipinski definition) is 6. The summed E-state index contributed by atoms with van der Waals surface area (Å²) in [6.07, 6.45) is 4.47. The number of nitrogens with zero attached hydrogens (tertiary/aromatic N) is 4. The molecular weight excluding hydrogens is 333 g/mol. The predicted octanol–water partition coefficient (Wildman–Crippen LogP) is 1.78. The summed E-state index contributed by atoms with van der Waals surface area (Å²) in [4.78, 5) is 8.49. The Bertz CT molecular complexity index is 760. The molecule has 0 bridgehead atoms. The van der Waals surface area contributed by atoms with Gasteiger partial charge in [0.15, 0.2) is 5.92 Å². The first-order chi connectivity index (χ1) is 12.5. The molecule has 0 aromatic heterocycles. The summed E-state index contributed by atoms with van der Waals surface area (Å²) >= 11 is 0. The van der Waals surface area contributed by atoms with Crippen LogP contribution in [0.1, 0.15) is 12.0 Å². The van der Waals surface area contributed by atoms with E-state index < -0.39 is 17.6 Å². The van der Waals surface area contributed by atoms with Crippen molar-refractivity contribution in [3.8, 4) is 12.1 Å². The number of aliphatic imine (C=N–C) groups is 2. The summed E-state index contributed by atoms with van der Waals surface area (Å²) in [5, 5.41) is 31.9. The van der Waals surface area contributed by atoms with E-state index in [-0.39, 0.29) is 18.8 Å². The number of benzene rings is 1. The molecule has 0 saturated carbocycles. The highest BCUT2D eigenvalue weighted by molar-refractivity contribution is 6.03. The maximum absolute atomic E-state index is 12.9. The Morgan fingerprint density at radius 1 is 1.35 bits per heavy atom. The van der Waals surface area contributed by atoms with E-state index in [1.54, 1.807) is 30.5 Å². The molecule has 2 atom stereocenters. The maximum Gasteiger partial charge on any atom is 0.173 e. The largest absolute Gasteiger partial charge is 0.392 e. The third-order valence-electron chi connectivity index (χ3n) is 4.15. The highest BCUT2D eigenvalue weighted by Crippen LogP contribution is 2.29. The Morgan fingerprint density at radius 2 is 2.04 bits per heavy atom. The maximum atomic E-state index is 12.9. The highest BCUT2D eigenvalue weighted by Gasteiger charge is 2.40. The summed E-state index contributed by atoms with van der Waals surface area (Å²) in [5.74, 6) is -1.32. The van der Waals surface area contributed by atoms with E-state index in [4.69, 9.17) is 0 Å². The predicted molar refractivity (Wildman–Crippen MR) is 97.2 cm³/mol. The Morgan fingerprint density at radius 3 is 2.58 bits per heavy atom. The monoisotopic (exact) mass is 353 g/mol. The molecule has 1 aliphatic rings. The number of aliphatic hydroxyl groups excluding tert-OH is 1. The lowest BCUT2D eigenvalue weighted by Gasteiger charge is -2.29. The lowest BCUT2D eigenvalue weighted by atomic mass is 9.82. The van der Waals surface area contributed by atoms with Crippen LogP contribution in [0.5, 0.6) is 0 Å². The zero-order chi connectivity index (χ0) is 19.0. The topological polar surface area (TPSA) is 105 Å². The van der Waals surface area contributed by atoms with Crippen molar-refractivity contribution in [3.05, 3.63) is 47.8 Å². The molecule has 1 aliphatic heterocycles. The second kappa shape index (κ2) is 9.00. The molecule has 0 aliphatic carbocycles. The molecule has 1 heterocycles. The van der Waals surface area contributed by atoms with Crippen LogP contribution in [0.15, 0.2) is 46.4 Å². The summed E-state index contributed by atoms with van der Waals surface area (Å²) < 4.78 is 12.9. The molecule has 2 rings (SSSR count). The van der Waals surface area contributed by atoms with E-state index in [0.29, 0.717) is 12.3 Å². The van der Waals surface area contributed by atoms with Gasteiger partial charge >= 0.3 is 0 Å². The first-order valence-electron chi connectivity index (χ1n) is 8.17. The smallest absolute Gasteiger partial charge is 0.173 e. The van der Waals surface area contributed by atoms with Gasteiger partial charge < -0.3 is 10.4 Å². The minimum absolute atomic E-state index is 0.197. The van der Waals surface area contributed by atoms with Gasteiger partial charge in [-0.15, -0.1) is 0 Å². The van der Waals surface area contributed by atoms with Crippen LogP contribution in [0.4, 0.5) is 4.39 Å². The van der Waals surface area contributed by atoms with Crippen LogP contribution in [-0.2, 0) is 6.54 Å². The van der Waals surface area contributed by atoms with E-state index in [2.05, 4.69) is 15.3 Å². The van der Waals surface area contributed by atoms with Gasteiger partial charge in [0, 0.05) is 32.8 Å². The Hall–Kier alpha value is -2.87. The van der Waals surface area contributed by atoms with Crippen molar-refractivity contribution in [1.29, 1.82) is 10.5 Å². The fourth-order valence-electron chi connectivity index (χ4n) is 2.94. The summed E-state index contributed by atoms with van der Waals surface area (Å²) in [6.45, 7) is 0.764. The molecule has 0 fully saturated rings. The molecule has 0 saturated heterocycles. The van der Waals surface area contributed by atoms with Crippen LogP contribution in [0.3, 0.4) is 0 Å². The van der Waals surface area contributed by atoms with E-state index in [9.17, 15) is 20.0 Å². The Kier molecular flexibility index (Phi) is 6.74. The zero-order valence-electron chi connectivity index (χ0n) is 14.4. The van der Waals surface area contributed by atoms with Gasteiger partial charge in [-0.2, -0.15) is 10.5 Å². The number of hydrogen-bond donors (Lipinski definition) is 2. The quantitative estimate of drug-likeness (QED) is 0.695. The van der Waals surface area contributed by atoms with Crippen LogP contribution in [0.2, 0.25) is 0 Å². The van der Waals surface area contributed by atoms with E-state index in [1.807, 2.05) is 12.1 Å². The standard InChI is InChI=1S/C19H20FN5O/c1-23-18(15(10-21)11-22)19(7-2-8-25-19)9-17(26)13-24-12-14-3-5-16(20)6-4-14/h2-8,15,17,24,26H,9,12-13H2,1H3. The zero-order valence-corrected chi connectivity index (χ0v) is 14.4. The molecule has 2 N–H and O–H groups in total. The number of aliphatic hydroxyl groups is 1. The molecule has 1 aromatic rings. The highest BCUT2D eigenvalue weighted by atomic mass is 19.1. The van der Waals surface area contributed by atoms with Gasteiger partial charge in [-0.25, -0.2) is 4.39 Å². The number of nitrogens with one attached hydrogen (secondary N) is 1. The van der Waals surface area contributed by atoms with Crippen molar-refractivity contribution in [3.63, 3.8) is 0 Å². The van der Waals surface area contributed by atoms with Crippen molar-refractivity contribution in [1.82, 2.24) is 5.32 Å². The molecule has 2 unspecified atom stereocenters. The molecule has 1 aromatic carbocycles. The molecule has 134 valence electrons. The van der Waals surface area contributed by atoms with Gasteiger partial charge in [0.1, 0.15) is 11.4 Å². The van der Waals surface area contributed by atoms with Crippen molar-refractivity contribution in [2.45, 2.75) is 24.6 Å². The number of nitriles is 2.